The number of anilines is 1. The predicted molar refractivity (Wildman–Crippen MR) is 103 cm³/mol. The van der Waals surface area contributed by atoms with Crippen molar-refractivity contribution in [3.8, 4) is 0 Å². The van der Waals surface area contributed by atoms with Gasteiger partial charge in [0, 0.05) is 29.2 Å². The summed E-state index contributed by atoms with van der Waals surface area (Å²) < 4.78 is 13.1. The van der Waals surface area contributed by atoms with E-state index in [1.54, 1.807) is 11.3 Å². The molecule has 2 aromatic carbocycles. The molecule has 1 N–H and O–H groups in total. The minimum Gasteiger partial charge on any atom is -0.361 e. The number of carbonyl (C=O) groups excluding carboxylic acids is 1. The number of fused-ring (bicyclic) bond motifs is 1. The molecule has 1 aromatic heterocycles. The number of carbonyl (C=O) groups is 1. The lowest BCUT2D eigenvalue weighted by atomic mass is 10.1. The monoisotopic (exact) mass is 366 g/mol. The van der Waals surface area contributed by atoms with Gasteiger partial charge in [-0.2, -0.15) is 0 Å². The van der Waals surface area contributed by atoms with Crippen LogP contribution in [0.25, 0.3) is 0 Å². The number of benzene rings is 2. The zero-order chi connectivity index (χ0) is 17.9. The highest BCUT2D eigenvalue weighted by molar-refractivity contribution is 7.10. The Morgan fingerprint density at radius 1 is 1.12 bits per heavy atom. The van der Waals surface area contributed by atoms with Crippen molar-refractivity contribution in [2.75, 3.05) is 18.0 Å². The van der Waals surface area contributed by atoms with Crippen molar-refractivity contribution in [3.63, 3.8) is 0 Å². The highest BCUT2D eigenvalue weighted by Crippen LogP contribution is 2.36. The van der Waals surface area contributed by atoms with Gasteiger partial charge >= 0.3 is 0 Å². The molecule has 0 bridgehead atoms. The van der Waals surface area contributed by atoms with Gasteiger partial charge in [0.15, 0.2) is 0 Å². The normalized spacial score (nSPS) is 14.1. The summed E-state index contributed by atoms with van der Waals surface area (Å²) in [6, 6.07) is 18.3. The number of hydrogen-bond acceptors (Lipinski definition) is 3. The average molecular weight is 366 g/mol. The molecular formula is C21H19FN2OS. The van der Waals surface area contributed by atoms with E-state index in [4.69, 9.17) is 0 Å². The van der Waals surface area contributed by atoms with E-state index >= 15 is 0 Å². The van der Waals surface area contributed by atoms with Gasteiger partial charge in [-0.15, -0.1) is 11.3 Å². The molecule has 0 fully saturated rings. The lowest BCUT2D eigenvalue weighted by Crippen LogP contribution is -2.37. The van der Waals surface area contributed by atoms with Gasteiger partial charge in [0.05, 0.1) is 6.04 Å². The molecule has 0 spiro atoms. The van der Waals surface area contributed by atoms with Crippen LogP contribution in [0.4, 0.5) is 10.1 Å². The van der Waals surface area contributed by atoms with E-state index in [-0.39, 0.29) is 17.8 Å². The molecule has 4 rings (SSSR count). The van der Waals surface area contributed by atoms with Crippen molar-refractivity contribution in [3.05, 3.63) is 87.9 Å². The lowest BCUT2D eigenvalue weighted by Gasteiger charge is -2.30. The van der Waals surface area contributed by atoms with E-state index in [9.17, 15) is 9.18 Å². The Kier molecular flexibility index (Phi) is 4.71. The third kappa shape index (κ3) is 3.35. The maximum atomic E-state index is 13.1. The summed E-state index contributed by atoms with van der Waals surface area (Å²) >= 11 is 1.70. The second kappa shape index (κ2) is 7.30. The molecule has 1 aliphatic rings. The molecule has 132 valence electrons. The van der Waals surface area contributed by atoms with Crippen molar-refractivity contribution in [2.24, 2.45) is 0 Å². The van der Waals surface area contributed by atoms with Crippen LogP contribution in [-0.2, 0) is 6.42 Å². The molecule has 1 aliphatic heterocycles. The summed E-state index contributed by atoms with van der Waals surface area (Å²) in [5, 5.41) is 5.08. The van der Waals surface area contributed by atoms with E-state index in [0.717, 1.165) is 13.0 Å². The smallest absolute Gasteiger partial charge is 0.251 e. The van der Waals surface area contributed by atoms with Crippen LogP contribution < -0.4 is 10.2 Å². The van der Waals surface area contributed by atoms with Gasteiger partial charge in [-0.05, 0) is 53.8 Å². The average Bonchev–Trinajstić information content (AvgIpc) is 3.33. The number of rotatable bonds is 5. The minimum atomic E-state index is -0.341. The van der Waals surface area contributed by atoms with Gasteiger partial charge in [-0.25, -0.2) is 4.39 Å². The number of halogens is 1. The van der Waals surface area contributed by atoms with Crippen LogP contribution in [-0.4, -0.2) is 19.0 Å². The first-order valence-corrected chi connectivity index (χ1v) is 9.52. The molecule has 0 saturated carbocycles. The molecule has 3 nitrogen and oxygen atoms in total. The molecule has 0 saturated heterocycles. The largest absolute Gasteiger partial charge is 0.361 e. The standard InChI is InChI=1S/C21H19FN2OS/c22-17-9-7-16(8-10-17)21(25)23-14-19(20-6-3-13-26-20)24-12-11-15-4-1-2-5-18(15)24/h1-10,13,19H,11-12,14H2,(H,23,25)/t19-/m0/s1. The molecule has 1 atom stereocenters. The number of amides is 1. The topological polar surface area (TPSA) is 32.3 Å². The first kappa shape index (κ1) is 16.8. The zero-order valence-corrected chi connectivity index (χ0v) is 15.0. The Hall–Kier alpha value is -2.66. The van der Waals surface area contributed by atoms with Gasteiger partial charge in [0.25, 0.3) is 5.91 Å². The summed E-state index contributed by atoms with van der Waals surface area (Å²) in [6.07, 6.45) is 1.02. The molecule has 0 unspecified atom stereocenters. The maximum Gasteiger partial charge on any atom is 0.251 e. The molecule has 3 aromatic rings. The van der Waals surface area contributed by atoms with Crippen molar-refractivity contribution in [2.45, 2.75) is 12.5 Å². The Morgan fingerprint density at radius 3 is 2.69 bits per heavy atom. The van der Waals surface area contributed by atoms with Crippen molar-refractivity contribution < 1.29 is 9.18 Å². The molecular weight excluding hydrogens is 347 g/mol. The lowest BCUT2D eigenvalue weighted by molar-refractivity contribution is 0.0951. The summed E-state index contributed by atoms with van der Waals surface area (Å²) in [7, 11) is 0. The molecule has 26 heavy (non-hydrogen) atoms. The van der Waals surface area contributed by atoms with Gasteiger partial charge in [-0.1, -0.05) is 24.3 Å². The van der Waals surface area contributed by atoms with Crippen LogP contribution in [0, 0.1) is 5.82 Å². The molecule has 0 radical (unpaired) electrons. The summed E-state index contributed by atoms with van der Waals surface area (Å²) in [6.45, 7) is 1.44. The van der Waals surface area contributed by atoms with E-state index in [1.807, 2.05) is 6.07 Å². The van der Waals surface area contributed by atoms with Crippen LogP contribution in [0.15, 0.2) is 66.0 Å². The Morgan fingerprint density at radius 2 is 1.92 bits per heavy atom. The van der Waals surface area contributed by atoms with Gasteiger partial charge in [0.2, 0.25) is 0 Å². The number of nitrogens with zero attached hydrogens (tertiary/aromatic N) is 1. The third-order valence-electron chi connectivity index (χ3n) is 4.73. The fourth-order valence-electron chi connectivity index (χ4n) is 3.43. The number of thiophene rings is 1. The summed E-state index contributed by atoms with van der Waals surface area (Å²) in [4.78, 5) is 16.0. The van der Waals surface area contributed by atoms with Gasteiger partial charge in [0.1, 0.15) is 5.82 Å². The highest BCUT2D eigenvalue weighted by Gasteiger charge is 2.28. The van der Waals surface area contributed by atoms with E-state index in [0.29, 0.717) is 12.1 Å². The van der Waals surface area contributed by atoms with Gasteiger partial charge in [-0.3, -0.25) is 4.79 Å². The molecule has 2 heterocycles. The second-order valence-corrected chi connectivity index (χ2v) is 7.30. The van der Waals surface area contributed by atoms with Gasteiger partial charge < -0.3 is 10.2 Å². The second-order valence-electron chi connectivity index (χ2n) is 6.32. The van der Waals surface area contributed by atoms with Crippen LogP contribution >= 0.6 is 11.3 Å². The zero-order valence-electron chi connectivity index (χ0n) is 14.2. The van der Waals surface area contributed by atoms with Crippen LogP contribution in [0.1, 0.15) is 26.8 Å². The molecule has 1 amide bonds. The molecule has 0 aliphatic carbocycles. The fraction of sp³-hybridized carbons (Fsp3) is 0.190. The first-order chi connectivity index (χ1) is 12.7. The number of nitrogens with one attached hydrogen (secondary N) is 1. The highest BCUT2D eigenvalue weighted by atomic mass is 32.1. The Bertz CT molecular complexity index is 893. The van der Waals surface area contributed by atoms with E-state index in [2.05, 4.69) is 45.9 Å². The van der Waals surface area contributed by atoms with Crippen molar-refractivity contribution in [1.82, 2.24) is 5.32 Å². The van der Waals surface area contributed by atoms with E-state index < -0.39 is 0 Å². The SMILES string of the molecule is O=C(NC[C@@H](c1cccs1)N1CCc2ccccc21)c1ccc(F)cc1. The minimum absolute atomic E-state index is 0.0862. The van der Waals surface area contributed by atoms with Crippen LogP contribution in [0.5, 0.6) is 0 Å². The molecule has 5 heteroatoms. The number of hydrogen-bond donors (Lipinski definition) is 1. The summed E-state index contributed by atoms with van der Waals surface area (Å²) in [5.41, 5.74) is 3.05. The summed E-state index contributed by atoms with van der Waals surface area (Å²) in [5.74, 6) is -0.522. The first-order valence-electron chi connectivity index (χ1n) is 8.64. The van der Waals surface area contributed by atoms with Crippen LogP contribution in [0.2, 0.25) is 0 Å². The van der Waals surface area contributed by atoms with Crippen molar-refractivity contribution >= 4 is 22.9 Å². The predicted octanol–water partition coefficient (Wildman–Crippen LogP) is 4.42. The van der Waals surface area contributed by atoms with E-state index in [1.165, 1.54) is 40.4 Å². The maximum absolute atomic E-state index is 13.1. The Labute approximate surface area is 156 Å². The fourth-order valence-corrected chi connectivity index (χ4v) is 4.26. The van der Waals surface area contributed by atoms with Crippen LogP contribution in [0.3, 0.4) is 0 Å². The Balaban J connectivity index is 1.54. The van der Waals surface area contributed by atoms with Crippen molar-refractivity contribution in [1.29, 1.82) is 0 Å². The third-order valence-corrected chi connectivity index (χ3v) is 5.71. The number of para-hydroxylation sites is 1. The quantitative estimate of drug-likeness (QED) is 0.725.